The molecule has 0 saturated heterocycles. The van der Waals surface area contributed by atoms with E-state index >= 15 is 0 Å². The van der Waals surface area contributed by atoms with Gasteiger partial charge in [-0.2, -0.15) is 0 Å². The average Bonchev–Trinajstić information content (AvgIpc) is 3.24. The summed E-state index contributed by atoms with van der Waals surface area (Å²) in [6.45, 7) is 6.68. The number of esters is 3. The molecule has 0 unspecified atom stereocenters. The summed E-state index contributed by atoms with van der Waals surface area (Å²) in [5.74, 6) is -0.840. The molecule has 0 bridgehead atoms. The van der Waals surface area contributed by atoms with Crippen molar-refractivity contribution in [2.45, 2.75) is 316 Å². The summed E-state index contributed by atoms with van der Waals surface area (Å²) in [4.78, 5) is 37.9. The molecule has 0 aliphatic heterocycles. The molecule has 0 saturated carbocycles. The number of unbranched alkanes of at least 4 members (excludes halogenated alkanes) is 39. The Kier molecular flexibility index (Phi) is 48.7. The quantitative estimate of drug-likeness (QED) is 0.0345. The van der Waals surface area contributed by atoms with E-state index in [-0.39, 0.29) is 31.1 Å². The highest BCUT2D eigenvalue weighted by Crippen LogP contribution is 2.17. The van der Waals surface area contributed by atoms with Gasteiger partial charge >= 0.3 is 17.9 Å². The average molecular weight is 849 g/mol. The predicted octanol–water partition coefficient (Wildman–Crippen LogP) is 17.6. The van der Waals surface area contributed by atoms with Crippen molar-refractivity contribution in [2.75, 3.05) is 13.2 Å². The number of ether oxygens (including phenoxy) is 3. The molecular formula is C54H104O6. The van der Waals surface area contributed by atoms with Gasteiger partial charge in [-0.25, -0.2) is 0 Å². The second kappa shape index (κ2) is 50.1. The molecule has 60 heavy (non-hydrogen) atoms. The van der Waals surface area contributed by atoms with Crippen molar-refractivity contribution in [1.82, 2.24) is 0 Å². The zero-order valence-corrected chi connectivity index (χ0v) is 40.8. The minimum atomic E-state index is -0.759. The number of carbonyl (C=O) groups excluding carboxylic acids is 3. The summed E-state index contributed by atoms with van der Waals surface area (Å²) < 4.78 is 16.8. The van der Waals surface area contributed by atoms with Crippen LogP contribution in [0.4, 0.5) is 0 Å². The largest absolute Gasteiger partial charge is 0.462 e. The van der Waals surface area contributed by atoms with Crippen LogP contribution in [0.2, 0.25) is 0 Å². The van der Waals surface area contributed by atoms with E-state index in [0.29, 0.717) is 19.3 Å². The van der Waals surface area contributed by atoms with Crippen LogP contribution in [0.3, 0.4) is 0 Å². The van der Waals surface area contributed by atoms with E-state index in [1.54, 1.807) is 0 Å². The fraction of sp³-hybridized carbons (Fsp3) is 0.944. The highest BCUT2D eigenvalue weighted by atomic mass is 16.6. The molecule has 0 aliphatic rings. The normalized spacial score (nSPS) is 11.8. The molecule has 0 spiro atoms. The zero-order chi connectivity index (χ0) is 43.7. The minimum absolute atomic E-state index is 0.0617. The number of hydrogen-bond acceptors (Lipinski definition) is 6. The third kappa shape index (κ3) is 47.5. The Hall–Kier alpha value is -1.59. The SMILES string of the molecule is CCCCCCCCCCCCCCCCCCCCCC(=O)OC[C@@H](COC(=O)CCCCCCCCCCCC)OC(=O)CCCCCCCCCCCCCCC. The van der Waals surface area contributed by atoms with E-state index in [0.717, 1.165) is 57.8 Å². The molecule has 0 fully saturated rings. The lowest BCUT2D eigenvalue weighted by Gasteiger charge is -2.18. The lowest BCUT2D eigenvalue weighted by Crippen LogP contribution is -2.30. The molecule has 1 atom stereocenters. The molecule has 0 amide bonds. The van der Waals surface area contributed by atoms with Crippen LogP contribution < -0.4 is 0 Å². The van der Waals surface area contributed by atoms with Gasteiger partial charge in [0.05, 0.1) is 0 Å². The standard InChI is InChI=1S/C54H104O6/c1-4-7-10-13-16-19-22-24-25-26-27-28-29-31-32-35-38-41-44-47-53(56)59-50-51(49-58-52(55)46-43-40-37-34-21-18-15-12-9-6-3)60-54(57)48-45-42-39-36-33-30-23-20-17-14-11-8-5-2/h51H,4-50H2,1-3H3/t51-/m1/s1. The van der Waals surface area contributed by atoms with Gasteiger partial charge in [0.2, 0.25) is 0 Å². The molecule has 6 nitrogen and oxygen atoms in total. The van der Waals surface area contributed by atoms with Gasteiger partial charge in [-0.3, -0.25) is 14.4 Å². The second-order valence-electron chi connectivity index (χ2n) is 18.5. The van der Waals surface area contributed by atoms with Crippen molar-refractivity contribution in [1.29, 1.82) is 0 Å². The Morgan fingerprint density at radius 3 is 0.667 bits per heavy atom. The predicted molar refractivity (Wildman–Crippen MR) is 257 cm³/mol. The summed E-state index contributed by atoms with van der Waals surface area (Å²) in [6, 6.07) is 0. The topological polar surface area (TPSA) is 78.9 Å². The summed E-state index contributed by atoms with van der Waals surface area (Å²) in [5.41, 5.74) is 0. The second-order valence-corrected chi connectivity index (χ2v) is 18.5. The van der Waals surface area contributed by atoms with Crippen molar-refractivity contribution >= 4 is 17.9 Å². The first-order chi connectivity index (χ1) is 29.5. The Balaban J connectivity index is 4.22. The minimum Gasteiger partial charge on any atom is -0.462 e. The summed E-state index contributed by atoms with van der Waals surface area (Å²) in [7, 11) is 0. The van der Waals surface area contributed by atoms with E-state index in [1.807, 2.05) is 0 Å². The third-order valence-corrected chi connectivity index (χ3v) is 12.4. The van der Waals surface area contributed by atoms with E-state index in [9.17, 15) is 14.4 Å². The Bertz CT molecular complexity index is 889. The molecule has 356 valence electrons. The molecule has 0 radical (unpaired) electrons. The number of rotatable bonds is 50. The molecule has 0 aromatic heterocycles. The highest BCUT2D eigenvalue weighted by Gasteiger charge is 2.19. The molecule has 0 aliphatic carbocycles. The molecular weight excluding hydrogens is 745 g/mol. The van der Waals surface area contributed by atoms with Gasteiger partial charge in [0, 0.05) is 19.3 Å². The molecule has 0 rings (SSSR count). The van der Waals surface area contributed by atoms with Crippen LogP contribution >= 0.6 is 0 Å². The Morgan fingerprint density at radius 1 is 0.267 bits per heavy atom. The summed E-state index contributed by atoms with van der Waals surface area (Å²) >= 11 is 0. The first kappa shape index (κ1) is 58.4. The Morgan fingerprint density at radius 2 is 0.450 bits per heavy atom. The summed E-state index contributed by atoms with van der Waals surface area (Å²) in [5, 5.41) is 0. The molecule has 0 N–H and O–H groups in total. The van der Waals surface area contributed by atoms with E-state index in [4.69, 9.17) is 14.2 Å². The van der Waals surface area contributed by atoms with Crippen LogP contribution in [-0.4, -0.2) is 37.2 Å². The fourth-order valence-corrected chi connectivity index (χ4v) is 8.27. The maximum Gasteiger partial charge on any atom is 0.306 e. The van der Waals surface area contributed by atoms with E-state index in [1.165, 1.54) is 212 Å². The van der Waals surface area contributed by atoms with Crippen LogP contribution in [0.5, 0.6) is 0 Å². The van der Waals surface area contributed by atoms with Gasteiger partial charge in [-0.15, -0.1) is 0 Å². The van der Waals surface area contributed by atoms with Crippen LogP contribution in [0.1, 0.15) is 310 Å². The van der Waals surface area contributed by atoms with Gasteiger partial charge in [0.1, 0.15) is 13.2 Å². The van der Waals surface area contributed by atoms with Crippen LogP contribution in [0.25, 0.3) is 0 Å². The van der Waals surface area contributed by atoms with Crippen molar-refractivity contribution in [2.24, 2.45) is 0 Å². The maximum atomic E-state index is 12.8. The molecule has 0 heterocycles. The van der Waals surface area contributed by atoms with Crippen LogP contribution in [0.15, 0.2) is 0 Å². The number of carbonyl (C=O) groups is 3. The lowest BCUT2D eigenvalue weighted by molar-refractivity contribution is -0.167. The number of hydrogen-bond donors (Lipinski definition) is 0. The van der Waals surface area contributed by atoms with E-state index in [2.05, 4.69) is 20.8 Å². The maximum absolute atomic E-state index is 12.8. The first-order valence-electron chi connectivity index (χ1n) is 27.0. The molecule has 0 aromatic rings. The van der Waals surface area contributed by atoms with Gasteiger partial charge in [0.15, 0.2) is 6.10 Å². The monoisotopic (exact) mass is 849 g/mol. The molecule has 6 heteroatoms. The summed E-state index contributed by atoms with van der Waals surface area (Å²) in [6.07, 6.45) is 53.8. The highest BCUT2D eigenvalue weighted by molar-refractivity contribution is 5.71. The molecule has 0 aromatic carbocycles. The van der Waals surface area contributed by atoms with Gasteiger partial charge in [-0.05, 0) is 19.3 Å². The Labute approximate surface area is 374 Å². The van der Waals surface area contributed by atoms with Crippen molar-refractivity contribution < 1.29 is 28.6 Å². The van der Waals surface area contributed by atoms with Crippen molar-refractivity contribution in [3.8, 4) is 0 Å². The van der Waals surface area contributed by atoms with Crippen molar-refractivity contribution in [3.63, 3.8) is 0 Å². The third-order valence-electron chi connectivity index (χ3n) is 12.4. The van der Waals surface area contributed by atoms with Crippen molar-refractivity contribution in [3.05, 3.63) is 0 Å². The zero-order valence-electron chi connectivity index (χ0n) is 40.8. The fourth-order valence-electron chi connectivity index (χ4n) is 8.27. The first-order valence-corrected chi connectivity index (χ1v) is 27.0. The van der Waals surface area contributed by atoms with Crippen LogP contribution in [-0.2, 0) is 28.6 Å². The van der Waals surface area contributed by atoms with Gasteiger partial charge in [-0.1, -0.05) is 271 Å². The smallest absolute Gasteiger partial charge is 0.306 e. The van der Waals surface area contributed by atoms with Gasteiger partial charge < -0.3 is 14.2 Å². The van der Waals surface area contributed by atoms with Gasteiger partial charge in [0.25, 0.3) is 0 Å². The lowest BCUT2D eigenvalue weighted by atomic mass is 10.0. The van der Waals surface area contributed by atoms with E-state index < -0.39 is 6.10 Å². The van der Waals surface area contributed by atoms with Crippen LogP contribution in [0, 0.1) is 0 Å².